The highest BCUT2D eigenvalue weighted by atomic mass is 31.2. The highest BCUT2D eigenvalue weighted by Gasteiger charge is 2.36. The Kier molecular flexibility index (Phi) is 7.18. The van der Waals surface area contributed by atoms with Crippen molar-refractivity contribution >= 4 is 46.1 Å². The molecule has 0 aliphatic heterocycles. The molecule has 0 bridgehead atoms. The molecule has 0 amide bonds. The lowest BCUT2D eigenvalue weighted by molar-refractivity contribution is 0.592. The molecule has 5 aromatic carbocycles. The summed E-state index contributed by atoms with van der Waals surface area (Å²) >= 11 is 0. The molecule has 1 heterocycles. The average Bonchev–Trinajstić information content (AvgIpc) is 3.06. The van der Waals surface area contributed by atoms with Gasteiger partial charge in [-0.1, -0.05) is 140 Å². The van der Waals surface area contributed by atoms with Gasteiger partial charge in [-0.2, -0.15) is 0 Å². The predicted molar refractivity (Wildman–Crippen MR) is 168 cm³/mol. The number of benzene rings is 5. The third kappa shape index (κ3) is 4.58. The molecule has 194 valence electrons. The van der Waals surface area contributed by atoms with Crippen LogP contribution in [0.3, 0.4) is 0 Å². The number of rotatable bonds is 7. The molecule has 0 saturated carbocycles. The van der Waals surface area contributed by atoms with Gasteiger partial charge in [-0.05, 0) is 17.7 Å². The summed E-state index contributed by atoms with van der Waals surface area (Å²) in [5, 5.41) is 4.18. The standard InChI is InChI=1S/C35H27NO2P2/c37-39(29-15-5-1-6-16-29,30-17-7-2-8-18-30)33-23-24-34(28-14-13-25-36-27-28)35(26-33)40(38,31-19-9-3-10-20-31)32-21-11-4-12-22-32/h1-27H. The van der Waals surface area contributed by atoms with Crippen molar-refractivity contribution in [3.8, 4) is 11.1 Å². The zero-order chi connectivity index (χ0) is 27.4. The van der Waals surface area contributed by atoms with Crippen molar-refractivity contribution in [2.45, 2.75) is 0 Å². The molecule has 1 aromatic heterocycles. The maximum atomic E-state index is 15.7. The third-order valence-corrected chi connectivity index (χ3v) is 13.3. The summed E-state index contributed by atoms with van der Waals surface area (Å²) in [6.45, 7) is 0. The second-order valence-electron chi connectivity index (χ2n) is 9.50. The highest BCUT2D eigenvalue weighted by Crippen LogP contribution is 2.48. The number of nitrogens with zero attached hydrogens (tertiary/aromatic N) is 1. The van der Waals surface area contributed by atoms with Gasteiger partial charge < -0.3 is 9.13 Å². The Morgan fingerprint density at radius 1 is 0.425 bits per heavy atom. The van der Waals surface area contributed by atoms with E-state index in [9.17, 15) is 0 Å². The molecule has 0 aliphatic carbocycles. The van der Waals surface area contributed by atoms with Crippen LogP contribution in [-0.2, 0) is 9.13 Å². The van der Waals surface area contributed by atoms with Crippen LogP contribution < -0.4 is 31.8 Å². The van der Waals surface area contributed by atoms with Gasteiger partial charge >= 0.3 is 0 Å². The summed E-state index contributed by atoms with van der Waals surface area (Å²) in [6.07, 6.45) is 3.51. The fraction of sp³-hybridized carbons (Fsp3) is 0. The number of pyridine rings is 1. The summed E-state index contributed by atoms with van der Waals surface area (Å²) in [5.41, 5.74) is 1.66. The van der Waals surface area contributed by atoms with E-state index in [0.717, 1.165) is 32.3 Å². The lowest BCUT2D eigenvalue weighted by atomic mass is 10.1. The van der Waals surface area contributed by atoms with Crippen LogP contribution in [0.25, 0.3) is 11.1 Å². The number of aromatic nitrogens is 1. The molecule has 0 N–H and O–H groups in total. The monoisotopic (exact) mass is 555 g/mol. The minimum atomic E-state index is -3.41. The quantitative estimate of drug-likeness (QED) is 0.226. The van der Waals surface area contributed by atoms with Crippen LogP contribution in [-0.4, -0.2) is 4.98 Å². The van der Waals surface area contributed by atoms with Crippen LogP contribution >= 0.6 is 14.3 Å². The van der Waals surface area contributed by atoms with E-state index in [1.54, 1.807) is 12.4 Å². The molecule has 0 atom stereocenters. The van der Waals surface area contributed by atoms with E-state index in [0.29, 0.717) is 10.6 Å². The van der Waals surface area contributed by atoms with Crippen molar-refractivity contribution in [2.24, 2.45) is 0 Å². The van der Waals surface area contributed by atoms with Crippen molar-refractivity contribution in [2.75, 3.05) is 0 Å². The Hall–Kier alpha value is -4.29. The molecule has 0 aliphatic rings. The SMILES string of the molecule is O=P(c1ccccc1)(c1ccccc1)c1ccc(-c2cccnc2)c(P(=O)(c2ccccc2)c2ccccc2)c1. The first-order valence-electron chi connectivity index (χ1n) is 13.1. The lowest BCUT2D eigenvalue weighted by Crippen LogP contribution is -2.31. The lowest BCUT2D eigenvalue weighted by Gasteiger charge is -2.26. The third-order valence-electron chi connectivity index (χ3n) is 7.14. The van der Waals surface area contributed by atoms with Gasteiger partial charge in [0.15, 0.2) is 14.3 Å². The van der Waals surface area contributed by atoms with Crippen LogP contribution in [0.1, 0.15) is 0 Å². The molecule has 0 spiro atoms. The van der Waals surface area contributed by atoms with Gasteiger partial charge in [0.25, 0.3) is 0 Å². The fourth-order valence-corrected chi connectivity index (χ4v) is 10.8. The molecule has 0 unspecified atom stereocenters. The van der Waals surface area contributed by atoms with Gasteiger partial charge in [-0.3, -0.25) is 4.98 Å². The van der Waals surface area contributed by atoms with Gasteiger partial charge in [0.1, 0.15) is 0 Å². The first kappa shape index (κ1) is 26.0. The molecule has 6 rings (SSSR count). The van der Waals surface area contributed by atoms with Gasteiger partial charge in [-0.25, -0.2) is 0 Å². The Balaban J connectivity index is 1.71. The second-order valence-corrected chi connectivity index (χ2v) is 15.0. The van der Waals surface area contributed by atoms with Crippen molar-refractivity contribution in [3.05, 3.63) is 164 Å². The maximum absolute atomic E-state index is 15.7. The van der Waals surface area contributed by atoms with Crippen molar-refractivity contribution < 1.29 is 9.13 Å². The zero-order valence-electron chi connectivity index (χ0n) is 21.7. The second kappa shape index (κ2) is 11.1. The predicted octanol–water partition coefficient (Wildman–Crippen LogP) is 6.03. The molecule has 40 heavy (non-hydrogen) atoms. The largest absolute Gasteiger partial charge is 0.309 e. The molecular formula is C35H27NO2P2. The summed E-state index contributed by atoms with van der Waals surface area (Å²) in [5.74, 6) is 0. The van der Waals surface area contributed by atoms with Crippen LogP contribution in [0, 0.1) is 0 Å². The zero-order valence-corrected chi connectivity index (χ0v) is 23.5. The van der Waals surface area contributed by atoms with E-state index in [2.05, 4.69) is 4.98 Å². The summed E-state index contributed by atoms with van der Waals surface area (Å²) in [4.78, 5) is 4.35. The van der Waals surface area contributed by atoms with E-state index < -0.39 is 14.3 Å². The van der Waals surface area contributed by atoms with Crippen LogP contribution in [0.4, 0.5) is 0 Å². The highest BCUT2D eigenvalue weighted by molar-refractivity contribution is 7.86. The fourth-order valence-electron chi connectivity index (χ4n) is 5.17. The molecule has 0 radical (unpaired) electrons. The van der Waals surface area contributed by atoms with Crippen molar-refractivity contribution in [1.82, 2.24) is 4.98 Å². The van der Waals surface area contributed by atoms with Gasteiger partial charge in [0.2, 0.25) is 0 Å². The van der Waals surface area contributed by atoms with Gasteiger partial charge in [0, 0.05) is 49.8 Å². The van der Waals surface area contributed by atoms with Crippen molar-refractivity contribution in [3.63, 3.8) is 0 Å². The molecule has 0 fully saturated rings. The average molecular weight is 556 g/mol. The summed E-state index contributed by atoms with van der Waals surface area (Å²) < 4.78 is 31.0. The molecule has 3 nitrogen and oxygen atoms in total. The Morgan fingerprint density at radius 2 is 0.875 bits per heavy atom. The Bertz CT molecular complexity index is 1740. The minimum absolute atomic E-state index is 0.639. The summed E-state index contributed by atoms with van der Waals surface area (Å²) in [7, 11) is -6.71. The molecular weight excluding hydrogens is 528 g/mol. The van der Waals surface area contributed by atoms with E-state index in [1.807, 2.05) is 152 Å². The first-order valence-corrected chi connectivity index (χ1v) is 16.5. The topological polar surface area (TPSA) is 47.0 Å². The van der Waals surface area contributed by atoms with Crippen LogP contribution in [0.2, 0.25) is 0 Å². The Morgan fingerprint density at radius 3 is 1.30 bits per heavy atom. The molecule has 0 saturated heterocycles. The van der Waals surface area contributed by atoms with E-state index in [1.165, 1.54) is 0 Å². The smallest absolute Gasteiger partial charge is 0.171 e. The maximum Gasteiger partial charge on any atom is 0.171 e. The van der Waals surface area contributed by atoms with E-state index in [-0.39, 0.29) is 0 Å². The number of hydrogen-bond donors (Lipinski definition) is 0. The normalized spacial score (nSPS) is 11.7. The van der Waals surface area contributed by atoms with Gasteiger partial charge in [0.05, 0.1) is 0 Å². The first-order chi connectivity index (χ1) is 19.6. The Labute approximate surface area is 235 Å². The molecule has 6 aromatic rings. The van der Waals surface area contributed by atoms with Crippen LogP contribution in [0.5, 0.6) is 0 Å². The van der Waals surface area contributed by atoms with E-state index >= 15 is 9.13 Å². The van der Waals surface area contributed by atoms with Crippen molar-refractivity contribution in [1.29, 1.82) is 0 Å². The van der Waals surface area contributed by atoms with E-state index in [4.69, 9.17) is 0 Å². The minimum Gasteiger partial charge on any atom is -0.309 e. The van der Waals surface area contributed by atoms with Crippen LogP contribution in [0.15, 0.2) is 164 Å². The number of hydrogen-bond acceptors (Lipinski definition) is 3. The molecule has 5 heteroatoms. The van der Waals surface area contributed by atoms with Gasteiger partial charge in [-0.15, -0.1) is 0 Å². The summed E-state index contributed by atoms with van der Waals surface area (Å²) in [6, 6.07) is 48.0.